The molecule has 0 saturated carbocycles. The van der Waals surface area contributed by atoms with Crippen LogP contribution < -0.4 is 4.74 Å². The van der Waals surface area contributed by atoms with E-state index in [1.54, 1.807) is 0 Å². The maximum absolute atomic E-state index is 11.0. The Bertz CT molecular complexity index is 352. The highest BCUT2D eigenvalue weighted by Crippen LogP contribution is 2.32. The molecule has 70 valence electrons. The van der Waals surface area contributed by atoms with E-state index in [2.05, 4.69) is 12.6 Å². The normalized spacial score (nSPS) is 9.85. The molecule has 0 atom stereocenters. The summed E-state index contributed by atoms with van der Waals surface area (Å²) in [5.41, 5.74) is 0.267. The third-order valence-corrected chi connectivity index (χ3v) is 2.18. The summed E-state index contributed by atoms with van der Waals surface area (Å²) in [6, 6.07) is 2.96. The fraction of sp³-hybridized carbons (Fsp3) is 0.125. The number of hydrogen-bond donors (Lipinski definition) is 1. The molecule has 13 heavy (non-hydrogen) atoms. The zero-order chi connectivity index (χ0) is 10.0. The number of hydrogen-bond acceptors (Lipinski definition) is 2. The number of carbonyl (C=O) groups is 1. The first-order valence-electron chi connectivity index (χ1n) is 3.32. The number of methoxy groups -OCH3 is 1. The fourth-order valence-electron chi connectivity index (χ4n) is 0.927. The van der Waals surface area contributed by atoms with Crippen molar-refractivity contribution in [2.45, 2.75) is 0 Å². The Morgan fingerprint density at radius 3 is 2.54 bits per heavy atom. The van der Waals surface area contributed by atoms with E-state index in [0.717, 1.165) is 0 Å². The molecular weight excluding hydrogens is 231 g/mol. The molecule has 0 unspecified atom stereocenters. The fourth-order valence-corrected chi connectivity index (χ4v) is 1.66. The summed E-state index contributed by atoms with van der Waals surface area (Å²) in [4.78, 5) is 11.0. The van der Waals surface area contributed by atoms with Crippen LogP contribution in [0.4, 0.5) is 0 Å². The van der Waals surface area contributed by atoms with Gasteiger partial charge in [-0.1, -0.05) is 23.2 Å². The Morgan fingerprint density at radius 1 is 1.46 bits per heavy atom. The molecule has 0 spiro atoms. The third-order valence-electron chi connectivity index (χ3n) is 1.44. The molecule has 0 aliphatic heterocycles. The van der Waals surface area contributed by atoms with Gasteiger partial charge in [0.25, 0.3) is 0 Å². The van der Waals surface area contributed by atoms with Crippen molar-refractivity contribution in [2.24, 2.45) is 0 Å². The molecule has 1 aromatic carbocycles. The second-order valence-electron chi connectivity index (χ2n) is 2.27. The lowest BCUT2D eigenvalue weighted by Gasteiger charge is -2.07. The van der Waals surface area contributed by atoms with E-state index in [-0.39, 0.29) is 5.56 Å². The minimum absolute atomic E-state index is 0.267. The van der Waals surface area contributed by atoms with Gasteiger partial charge in [-0.3, -0.25) is 4.79 Å². The van der Waals surface area contributed by atoms with E-state index >= 15 is 0 Å². The summed E-state index contributed by atoms with van der Waals surface area (Å²) in [6.07, 6.45) is 0. The largest absolute Gasteiger partial charge is 0.494 e. The summed E-state index contributed by atoms with van der Waals surface area (Å²) < 4.78 is 4.93. The van der Waals surface area contributed by atoms with E-state index in [4.69, 9.17) is 27.9 Å². The molecule has 5 heteroatoms. The zero-order valence-electron chi connectivity index (χ0n) is 6.67. The number of ether oxygens (including phenoxy) is 1. The Hall–Kier alpha value is -0.380. The van der Waals surface area contributed by atoms with E-state index in [9.17, 15) is 4.79 Å². The average molecular weight is 237 g/mol. The molecule has 0 aromatic heterocycles. The summed E-state index contributed by atoms with van der Waals surface area (Å²) >= 11 is 15.1. The van der Waals surface area contributed by atoms with Gasteiger partial charge in [-0.05, 0) is 12.1 Å². The second kappa shape index (κ2) is 4.22. The van der Waals surface area contributed by atoms with Crippen LogP contribution in [-0.4, -0.2) is 12.2 Å². The van der Waals surface area contributed by atoms with Crippen LogP contribution in [0.2, 0.25) is 10.0 Å². The molecule has 0 aliphatic carbocycles. The molecule has 0 bridgehead atoms. The van der Waals surface area contributed by atoms with Crippen LogP contribution in [-0.2, 0) is 0 Å². The van der Waals surface area contributed by atoms with Crippen LogP contribution in [0.1, 0.15) is 10.4 Å². The van der Waals surface area contributed by atoms with Gasteiger partial charge in [0.15, 0.2) is 0 Å². The molecule has 1 aromatic rings. The van der Waals surface area contributed by atoms with Crippen molar-refractivity contribution in [3.8, 4) is 5.75 Å². The van der Waals surface area contributed by atoms with Gasteiger partial charge in [0, 0.05) is 5.02 Å². The van der Waals surface area contributed by atoms with Crippen LogP contribution in [0, 0.1) is 0 Å². The summed E-state index contributed by atoms with van der Waals surface area (Å²) in [6.45, 7) is 0. The maximum atomic E-state index is 11.0. The highest BCUT2D eigenvalue weighted by Gasteiger charge is 2.13. The number of benzene rings is 1. The minimum Gasteiger partial charge on any atom is -0.494 e. The Labute approximate surface area is 91.2 Å². The first-order valence-corrected chi connectivity index (χ1v) is 4.53. The summed E-state index contributed by atoms with van der Waals surface area (Å²) in [5.74, 6) is 0.297. The molecule has 0 fully saturated rings. The SMILES string of the molecule is COc1c(Cl)cc(Cl)cc1C(=O)S. The molecular formula is C8H6Cl2O2S. The lowest BCUT2D eigenvalue weighted by Crippen LogP contribution is -1.96. The molecule has 0 radical (unpaired) electrons. The van der Waals surface area contributed by atoms with Crippen molar-refractivity contribution >= 4 is 40.9 Å². The summed E-state index contributed by atoms with van der Waals surface area (Å²) in [7, 11) is 1.43. The number of thiol groups is 1. The Balaban J connectivity index is 3.38. The van der Waals surface area contributed by atoms with E-state index in [0.29, 0.717) is 15.8 Å². The van der Waals surface area contributed by atoms with Crippen molar-refractivity contribution in [1.29, 1.82) is 0 Å². The minimum atomic E-state index is -0.429. The predicted molar refractivity (Wildman–Crippen MR) is 56.3 cm³/mol. The van der Waals surface area contributed by atoms with Crippen LogP contribution >= 0.6 is 35.8 Å². The summed E-state index contributed by atoms with van der Waals surface area (Å²) in [5, 5.41) is 0.247. The van der Waals surface area contributed by atoms with Crippen LogP contribution in [0.15, 0.2) is 12.1 Å². The van der Waals surface area contributed by atoms with Crippen LogP contribution in [0.5, 0.6) is 5.75 Å². The van der Waals surface area contributed by atoms with Crippen molar-refractivity contribution < 1.29 is 9.53 Å². The van der Waals surface area contributed by atoms with E-state index in [1.165, 1.54) is 19.2 Å². The van der Waals surface area contributed by atoms with Gasteiger partial charge in [-0.2, -0.15) is 0 Å². The standard InChI is InChI=1S/C8H6Cl2O2S/c1-12-7-5(8(11)13)2-4(9)3-6(7)10/h2-3H,1H3,(H,11,13). The molecule has 0 saturated heterocycles. The Morgan fingerprint density at radius 2 is 2.08 bits per heavy atom. The average Bonchev–Trinajstić information content (AvgIpc) is 2.02. The number of halogens is 2. The number of rotatable bonds is 2. The molecule has 1 rings (SSSR count). The third kappa shape index (κ3) is 2.30. The molecule has 0 heterocycles. The van der Waals surface area contributed by atoms with Gasteiger partial charge in [0.05, 0.1) is 17.7 Å². The Kier molecular flexibility index (Phi) is 3.47. The zero-order valence-corrected chi connectivity index (χ0v) is 9.08. The quantitative estimate of drug-likeness (QED) is 0.800. The molecule has 0 amide bonds. The maximum Gasteiger partial charge on any atom is 0.220 e. The van der Waals surface area contributed by atoms with Crippen LogP contribution in [0.3, 0.4) is 0 Å². The van der Waals surface area contributed by atoms with Gasteiger partial charge in [0.1, 0.15) is 5.75 Å². The highest BCUT2D eigenvalue weighted by molar-refractivity contribution is 7.97. The molecule has 0 aliphatic rings. The first kappa shape index (κ1) is 10.7. The van der Waals surface area contributed by atoms with Gasteiger partial charge in [0.2, 0.25) is 5.12 Å². The van der Waals surface area contributed by atoms with Crippen molar-refractivity contribution in [1.82, 2.24) is 0 Å². The lowest BCUT2D eigenvalue weighted by molar-refractivity contribution is 0.108. The van der Waals surface area contributed by atoms with Gasteiger partial charge >= 0.3 is 0 Å². The van der Waals surface area contributed by atoms with Crippen molar-refractivity contribution in [3.05, 3.63) is 27.7 Å². The van der Waals surface area contributed by atoms with E-state index < -0.39 is 5.12 Å². The van der Waals surface area contributed by atoms with Crippen molar-refractivity contribution in [2.75, 3.05) is 7.11 Å². The van der Waals surface area contributed by atoms with Gasteiger partial charge < -0.3 is 4.74 Å². The van der Waals surface area contributed by atoms with Crippen molar-refractivity contribution in [3.63, 3.8) is 0 Å². The number of carbonyl (C=O) groups excluding carboxylic acids is 1. The van der Waals surface area contributed by atoms with Gasteiger partial charge in [-0.15, -0.1) is 12.6 Å². The smallest absolute Gasteiger partial charge is 0.220 e. The topological polar surface area (TPSA) is 26.3 Å². The van der Waals surface area contributed by atoms with E-state index in [1.807, 2.05) is 0 Å². The second-order valence-corrected chi connectivity index (χ2v) is 3.52. The first-order chi connectivity index (χ1) is 6.06. The predicted octanol–water partition coefficient (Wildman–Crippen LogP) is 3.07. The monoisotopic (exact) mass is 236 g/mol. The molecule has 2 nitrogen and oxygen atoms in total. The van der Waals surface area contributed by atoms with Gasteiger partial charge in [-0.25, -0.2) is 0 Å². The highest BCUT2D eigenvalue weighted by atomic mass is 35.5. The molecule has 0 N–H and O–H groups in total. The lowest BCUT2D eigenvalue weighted by atomic mass is 10.2. The van der Waals surface area contributed by atoms with Crippen LogP contribution in [0.25, 0.3) is 0 Å².